The SMILES string of the molecule is C=C[C@@H]1CCC(C)=C2C(=O)C=C(C)[C@@H]2[C@@H]1O. The number of allylic oxidation sites excluding steroid dienone is 2. The van der Waals surface area contributed by atoms with Gasteiger partial charge < -0.3 is 5.11 Å². The average Bonchev–Trinajstić information content (AvgIpc) is 2.45. The Morgan fingerprint density at radius 1 is 1.50 bits per heavy atom. The predicted molar refractivity (Wildman–Crippen MR) is 63.9 cm³/mol. The van der Waals surface area contributed by atoms with E-state index in [2.05, 4.69) is 6.58 Å². The second kappa shape index (κ2) is 4.02. The van der Waals surface area contributed by atoms with Crippen LogP contribution in [-0.4, -0.2) is 17.0 Å². The van der Waals surface area contributed by atoms with Crippen molar-refractivity contribution in [1.82, 2.24) is 0 Å². The molecule has 2 aliphatic rings. The molecule has 0 aliphatic heterocycles. The number of fused-ring (bicyclic) bond motifs is 1. The Bertz CT molecular complexity index is 401. The molecule has 0 aromatic carbocycles. The lowest BCUT2D eigenvalue weighted by Crippen LogP contribution is -2.28. The van der Waals surface area contributed by atoms with Crippen molar-refractivity contribution in [1.29, 1.82) is 0 Å². The molecule has 0 aromatic rings. The molecule has 0 saturated heterocycles. The number of carbonyl (C=O) groups excluding carboxylic acids is 1. The maximum Gasteiger partial charge on any atom is 0.182 e. The third kappa shape index (κ3) is 1.57. The summed E-state index contributed by atoms with van der Waals surface area (Å²) >= 11 is 0. The maximum atomic E-state index is 11.9. The third-order valence-corrected chi connectivity index (χ3v) is 3.82. The van der Waals surface area contributed by atoms with Crippen LogP contribution in [0.25, 0.3) is 0 Å². The van der Waals surface area contributed by atoms with E-state index in [9.17, 15) is 9.90 Å². The van der Waals surface area contributed by atoms with Gasteiger partial charge in [0.15, 0.2) is 5.78 Å². The highest BCUT2D eigenvalue weighted by molar-refractivity contribution is 6.08. The van der Waals surface area contributed by atoms with E-state index in [1.807, 2.05) is 19.9 Å². The van der Waals surface area contributed by atoms with Gasteiger partial charge in [0.2, 0.25) is 0 Å². The minimum atomic E-state index is -0.493. The first-order chi connectivity index (χ1) is 7.56. The van der Waals surface area contributed by atoms with Crippen molar-refractivity contribution in [3.8, 4) is 0 Å². The summed E-state index contributed by atoms with van der Waals surface area (Å²) in [5.41, 5.74) is 2.95. The van der Waals surface area contributed by atoms with Gasteiger partial charge in [-0.2, -0.15) is 0 Å². The van der Waals surface area contributed by atoms with Gasteiger partial charge in [-0.15, -0.1) is 6.58 Å². The van der Waals surface area contributed by atoms with Crippen LogP contribution in [-0.2, 0) is 4.79 Å². The third-order valence-electron chi connectivity index (χ3n) is 3.82. The van der Waals surface area contributed by atoms with Gasteiger partial charge in [-0.3, -0.25) is 4.79 Å². The molecule has 2 nitrogen and oxygen atoms in total. The summed E-state index contributed by atoms with van der Waals surface area (Å²) in [5, 5.41) is 10.3. The number of aliphatic hydroxyl groups is 1. The van der Waals surface area contributed by atoms with Crippen LogP contribution in [0.4, 0.5) is 0 Å². The van der Waals surface area contributed by atoms with Crippen LogP contribution in [0.15, 0.2) is 35.5 Å². The van der Waals surface area contributed by atoms with Crippen molar-refractivity contribution in [2.45, 2.75) is 32.8 Å². The molecule has 0 aromatic heterocycles. The Morgan fingerprint density at radius 2 is 2.19 bits per heavy atom. The molecule has 1 N–H and O–H groups in total. The van der Waals surface area contributed by atoms with E-state index in [1.165, 1.54) is 0 Å². The maximum absolute atomic E-state index is 11.9. The minimum absolute atomic E-state index is 0.0868. The molecule has 86 valence electrons. The number of rotatable bonds is 1. The van der Waals surface area contributed by atoms with Crippen molar-refractivity contribution in [3.05, 3.63) is 35.5 Å². The number of aliphatic hydroxyl groups excluding tert-OH is 1. The predicted octanol–water partition coefficient (Wildman–Crippen LogP) is 2.41. The second-order valence-corrected chi connectivity index (χ2v) is 4.85. The Balaban J connectivity index is 2.46. The standard InChI is InChI=1S/C14H18O2/c1-4-10-6-5-8(2)12-11(15)7-9(3)13(12)14(10)16/h4,7,10,13-14,16H,1,5-6H2,2-3H3/t10-,13+,14-/m1/s1. The molecule has 0 fully saturated rings. The smallest absolute Gasteiger partial charge is 0.182 e. The molecule has 2 heteroatoms. The van der Waals surface area contributed by atoms with E-state index >= 15 is 0 Å². The fourth-order valence-corrected chi connectivity index (χ4v) is 2.86. The number of hydrogen-bond donors (Lipinski definition) is 1. The topological polar surface area (TPSA) is 37.3 Å². The van der Waals surface area contributed by atoms with Gasteiger partial charge in [-0.05, 0) is 32.8 Å². The molecule has 0 saturated carbocycles. The van der Waals surface area contributed by atoms with E-state index in [1.54, 1.807) is 6.08 Å². The molecule has 0 heterocycles. The van der Waals surface area contributed by atoms with Crippen LogP contribution in [0, 0.1) is 11.8 Å². The van der Waals surface area contributed by atoms with Crippen LogP contribution < -0.4 is 0 Å². The molecule has 0 bridgehead atoms. The van der Waals surface area contributed by atoms with Crippen LogP contribution in [0.1, 0.15) is 26.7 Å². The highest BCUT2D eigenvalue weighted by atomic mass is 16.3. The lowest BCUT2D eigenvalue weighted by atomic mass is 9.84. The molecule has 2 aliphatic carbocycles. The molecule has 0 spiro atoms. The lowest BCUT2D eigenvalue weighted by Gasteiger charge is -2.24. The largest absolute Gasteiger partial charge is 0.392 e. The van der Waals surface area contributed by atoms with Gasteiger partial charge in [0.25, 0.3) is 0 Å². The Hall–Kier alpha value is -1.15. The van der Waals surface area contributed by atoms with Gasteiger partial charge in [0.05, 0.1) is 6.10 Å². The van der Waals surface area contributed by atoms with Crippen molar-refractivity contribution >= 4 is 5.78 Å². The Kier molecular flexibility index (Phi) is 2.85. The molecule has 0 unspecified atom stereocenters. The van der Waals surface area contributed by atoms with E-state index in [-0.39, 0.29) is 17.6 Å². The zero-order chi connectivity index (χ0) is 11.9. The number of carbonyl (C=O) groups is 1. The second-order valence-electron chi connectivity index (χ2n) is 4.85. The summed E-state index contributed by atoms with van der Waals surface area (Å²) in [4.78, 5) is 11.9. The van der Waals surface area contributed by atoms with E-state index in [4.69, 9.17) is 0 Å². The molecule has 0 amide bonds. The minimum Gasteiger partial charge on any atom is -0.392 e. The molecule has 3 atom stereocenters. The zero-order valence-electron chi connectivity index (χ0n) is 9.86. The summed E-state index contributed by atoms with van der Waals surface area (Å²) in [6.07, 6.45) is 4.76. The van der Waals surface area contributed by atoms with Crippen molar-refractivity contribution in [3.63, 3.8) is 0 Å². The van der Waals surface area contributed by atoms with Crippen LogP contribution >= 0.6 is 0 Å². The average molecular weight is 218 g/mol. The monoisotopic (exact) mass is 218 g/mol. The molecule has 0 radical (unpaired) electrons. The Morgan fingerprint density at radius 3 is 2.81 bits per heavy atom. The van der Waals surface area contributed by atoms with Crippen LogP contribution in [0.2, 0.25) is 0 Å². The van der Waals surface area contributed by atoms with Gasteiger partial charge in [0, 0.05) is 17.4 Å². The fourth-order valence-electron chi connectivity index (χ4n) is 2.86. The summed E-state index contributed by atoms with van der Waals surface area (Å²) in [6, 6.07) is 0. The lowest BCUT2D eigenvalue weighted by molar-refractivity contribution is -0.111. The van der Waals surface area contributed by atoms with Crippen molar-refractivity contribution in [2.24, 2.45) is 11.8 Å². The summed E-state index contributed by atoms with van der Waals surface area (Å²) in [7, 11) is 0. The van der Waals surface area contributed by atoms with Crippen molar-refractivity contribution < 1.29 is 9.90 Å². The fraction of sp³-hybridized carbons (Fsp3) is 0.500. The van der Waals surface area contributed by atoms with Crippen molar-refractivity contribution in [2.75, 3.05) is 0 Å². The molecular weight excluding hydrogens is 200 g/mol. The Labute approximate surface area is 96.4 Å². The highest BCUT2D eigenvalue weighted by Gasteiger charge is 2.39. The molecule has 2 rings (SSSR count). The van der Waals surface area contributed by atoms with Gasteiger partial charge in [0.1, 0.15) is 0 Å². The summed E-state index contributed by atoms with van der Waals surface area (Å²) in [5.74, 6) is 0.0773. The summed E-state index contributed by atoms with van der Waals surface area (Å²) in [6.45, 7) is 7.71. The van der Waals surface area contributed by atoms with Gasteiger partial charge in [-0.25, -0.2) is 0 Å². The molecule has 16 heavy (non-hydrogen) atoms. The first-order valence-electron chi connectivity index (χ1n) is 5.79. The van der Waals surface area contributed by atoms with Crippen LogP contribution in [0.5, 0.6) is 0 Å². The van der Waals surface area contributed by atoms with Gasteiger partial charge in [-0.1, -0.05) is 17.2 Å². The van der Waals surface area contributed by atoms with E-state index in [0.29, 0.717) is 0 Å². The van der Waals surface area contributed by atoms with Crippen LogP contribution in [0.3, 0.4) is 0 Å². The zero-order valence-corrected chi connectivity index (χ0v) is 9.86. The van der Waals surface area contributed by atoms with E-state index < -0.39 is 6.10 Å². The summed E-state index contributed by atoms with van der Waals surface area (Å²) < 4.78 is 0. The quantitative estimate of drug-likeness (QED) is 0.686. The first kappa shape index (κ1) is 11.3. The van der Waals surface area contributed by atoms with E-state index in [0.717, 1.165) is 29.6 Å². The first-order valence-corrected chi connectivity index (χ1v) is 5.79. The molecular formula is C14H18O2. The normalized spacial score (nSPS) is 34.6. The highest BCUT2D eigenvalue weighted by Crippen LogP contribution is 2.41. The number of ketones is 1. The van der Waals surface area contributed by atoms with Gasteiger partial charge >= 0.3 is 0 Å². The number of hydrogen-bond acceptors (Lipinski definition) is 2.